The molecule has 3 rings (SSSR count). The van der Waals surface area contributed by atoms with E-state index in [1.54, 1.807) is 0 Å². The number of nitrogens with one attached hydrogen (secondary N) is 1. The molecule has 0 aliphatic carbocycles. The molecule has 2 aliphatic heterocycles. The fraction of sp³-hybridized carbons (Fsp3) is 0.611. The zero-order chi connectivity index (χ0) is 15.7. The van der Waals surface area contributed by atoms with E-state index in [1.807, 2.05) is 12.1 Å². The Morgan fingerprint density at radius 3 is 2.77 bits per heavy atom. The summed E-state index contributed by atoms with van der Waals surface area (Å²) in [4.78, 5) is 13.9. The Morgan fingerprint density at radius 1 is 1.36 bits per heavy atom. The third kappa shape index (κ3) is 2.84. The van der Waals surface area contributed by atoms with Crippen molar-refractivity contribution in [2.75, 3.05) is 18.6 Å². The highest BCUT2D eigenvalue weighted by Gasteiger charge is 2.46. The normalized spacial score (nSPS) is 26.6. The van der Waals surface area contributed by atoms with Gasteiger partial charge >= 0.3 is 5.97 Å². The van der Waals surface area contributed by atoms with Crippen molar-refractivity contribution >= 4 is 11.7 Å². The molecule has 1 N–H and O–H groups in total. The van der Waals surface area contributed by atoms with Gasteiger partial charge in [0.05, 0.1) is 13.5 Å². The number of methoxy groups -OCH3 is 1. The van der Waals surface area contributed by atoms with E-state index in [4.69, 9.17) is 4.74 Å². The first-order valence-electron chi connectivity index (χ1n) is 8.20. The number of nitrogens with zero attached hydrogens (tertiary/aromatic N) is 1. The van der Waals surface area contributed by atoms with Crippen molar-refractivity contribution in [3.8, 4) is 0 Å². The molecule has 0 saturated carbocycles. The summed E-state index contributed by atoms with van der Waals surface area (Å²) < 4.78 is 4.73. The molecule has 0 amide bonds. The van der Waals surface area contributed by atoms with Gasteiger partial charge < -0.3 is 15.0 Å². The van der Waals surface area contributed by atoms with Crippen molar-refractivity contribution in [3.63, 3.8) is 0 Å². The van der Waals surface area contributed by atoms with E-state index in [2.05, 4.69) is 36.2 Å². The summed E-state index contributed by atoms with van der Waals surface area (Å²) in [5, 5.41) is 3.68. The van der Waals surface area contributed by atoms with Gasteiger partial charge in [-0.25, -0.2) is 0 Å². The van der Waals surface area contributed by atoms with Crippen molar-refractivity contribution in [1.29, 1.82) is 0 Å². The van der Waals surface area contributed by atoms with Crippen molar-refractivity contribution in [3.05, 3.63) is 29.8 Å². The Hall–Kier alpha value is -1.55. The average molecular weight is 302 g/mol. The van der Waals surface area contributed by atoms with Gasteiger partial charge in [0.2, 0.25) is 0 Å². The molecular weight excluding hydrogens is 276 g/mol. The van der Waals surface area contributed by atoms with Crippen LogP contribution in [0.15, 0.2) is 24.3 Å². The minimum Gasteiger partial charge on any atom is -0.469 e. The molecule has 2 atom stereocenters. The Kier molecular flexibility index (Phi) is 4.13. The number of hydrogen-bond acceptors (Lipinski definition) is 4. The van der Waals surface area contributed by atoms with Crippen LogP contribution in [0.5, 0.6) is 0 Å². The summed E-state index contributed by atoms with van der Waals surface area (Å²) in [5.41, 5.74) is 2.43. The van der Waals surface area contributed by atoms with Gasteiger partial charge in [-0.05, 0) is 57.4 Å². The van der Waals surface area contributed by atoms with E-state index in [0.29, 0.717) is 18.5 Å². The predicted molar refractivity (Wildman–Crippen MR) is 88.1 cm³/mol. The molecule has 0 bridgehead atoms. The van der Waals surface area contributed by atoms with E-state index >= 15 is 0 Å². The summed E-state index contributed by atoms with van der Waals surface area (Å²) >= 11 is 0. The summed E-state index contributed by atoms with van der Waals surface area (Å²) in [6.07, 6.45) is 4.02. The van der Waals surface area contributed by atoms with Gasteiger partial charge in [0.25, 0.3) is 0 Å². The van der Waals surface area contributed by atoms with Crippen molar-refractivity contribution in [2.45, 2.75) is 57.2 Å². The van der Waals surface area contributed by atoms with Crippen molar-refractivity contribution in [2.24, 2.45) is 0 Å². The molecule has 2 fully saturated rings. The molecule has 1 aromatic rings. The summed E-state index contributed by atoms with van der Waals surface area (Å²) in [7, 11) is 1.43. The van der Waals surface area contributed by atoms with Gasteiger partial charge in [0, 0.05) is 23.3 Å². The molecule has 2 heterocycles. The maximum absolute atomic E-state index is 11.4. The molecule has 1 aromatic carbocycles. The van der Waals surface area contributed by atoms with E-state index < -0.39 is 0 Å². The number of rotatable bonds is 3. The number of esters is 1. The zero-order valence-corrected chi connectivity index (χ0v) is 13.8. The highest BCUT2D eigenvalue weighted by atomic mass is 16.5. The largest absolute Gasteiger partial charge is 0.469 e. The van der Waals surface area contributed by atoms with E-state index in [1.165, 1.54) is 32.1 Å². The van der Waals surface area contributed by atoms with Crippen LogP contribution in [0, 0.1) is 0 Å². The van der Waals surface area contributed by atoms with E-state index in [-0.39, 0.29) is 11.5 Å². The Labute approximate surface area is 132 Å². The molecule has 0 aromatic heterocycles. The summed E-state index contributed by atoms with van der Waals surface area (Å²) in [6, 6.07) is 9.57. The fourth-order valence-corrected chi connectivity index (χ4v) is 4.09. The molecule has 2 saturated heterocycles. The topological polar surface area (TPSA) is 41.6 Å². The van der Waals surface area contributed by atoms with Crippen LogP contribution in [-0.4, -0.2) is 37.2 Å². The quantitative estimate of drug-likeness (QED) is 0.871. The minimum atomic E-state index is -0.189. The number of ether oxygens (including phenoxy) is 1. The second-order valence-corrected chi connectivity index (χ2v) is 7.08. The van der Waals surface area contributed by atoms with Crippen LogP contribution < -0.4 is 10.2 Å². The third-order valence-corrected chi connectivity index (χ3v) is 5.04. The highest BCUT2D eigenvalue weighted by molar-refractivity contribution is 5.72. The maximum Gasteiger partial charge on any atom is 0.309 e. The standard InChI is InChI=1S/C18H26N2O2/c1-18(2)12-15-16(5-4-10-19-15)20(18)14-8-6-13(7-9-14)11-17(21)22-3/h6-9,15-16,19H,4-5,10-12H2,1-3H3/t15-,16-/m0/s1. The molecule has 120 valence electrons. The lowest BCUT2D eigenvalue weighted by atomic mass is 9.96. The Bertz CT molecular complexity index is 539. The molecule has 0 unspecified atom stereocenters. The highest BCUT2D eigenvalue weighted by Crippen LogP contribution is 2.40. The first kappa shape index (κ1) is 15.3. The third-order valence-electron chi connectivity index (χ3n) is 5.04. The van der Waals surface area contributed by atoms with Gasteiger partial charge in [-0.3, -0.25) is 4.79 Å². The molecular formula is C18H26N2O2. The number of carbonyl (C=O) groups is 1. The molecule has 2 aliphatic rings. The lowest BCUT2D eigenvalue weighted by Crippen LogP contribution is -2.49. The Morgan fingerprint density at radius 2 is 2.09 bits per heavy atom. The van der Waals surface area contributed by atoms with E-state index in [0.717, 1.165) is 12.1 Å². The molecule has 0 radical (unpaired) electrons. The number of anilines is 1. The molecule has 4 nitrogen and oxygen atoms in total. The van der Waals surface area contributed by atoms with Crippen LogP contribution in [0.25, 0.3) is 0 Å². The first-order valence-corrected chi connectivity index (χ1v) is 8.20. The Balaban J connectivity index is 1.81. The monoisotopic (exact) mass is 302 g/mol. The molecule has 0 spiro atoms. The second kappa shape index (κ2) is 5.92. The fourth-order valence-electron chi connectivity index (χ4n) is 4.09. The zero-order valence-electron chi connectivity index (χ0n) is 13.8. The number of benzene rings is 1. The number of carbonyl (C=O) groups excluding carboxylic acids is 1. The maximum atomic E-state index is 11.4. The van der Waals surface area contributed by atoms with E-state index in [9.17, 15) is 4.79 Å². The lowest BCUT2D eigenvalue weighted by molar-refractivity contribution is -0.139. The number of fused-ring (bicyclic) bond motifs is 1. The van der Waals surface area contributed by atoms with Crippen LogP contribution >= 0.6 is 0 Å². The predicted octanol–water partition coefficient (Wildman–Crippen LogP) is 2.51. The number of piperidine rings is 1. The minimum absolute atomic E-state index is 0.163. The smallest absolute Gasteiger partial charge is 0.309 e. The van der Waals surface area contributed by atoms with Crippen LogP contribution in [-0.2, 0) is 16.0 Å². The lowest BCUT2D eigenvalue weighted by Gasteiger charge is -2.39. The SMILES string of the molecule is COC(=O)Cc1ccc(N2[C@H]3CCCN[C@H]3CC2(C)C)cc1. The van der Waals surface area contributed by atoms with Gasteiger partial charge in [0.1, 0.15) is 0 Å². The second-order valence-electron chi connectivity index (χ2n) is 7.08. The van der Waals surface area contributed by atoms with Gasteiger partial charge in [-0.1, -0.05) is 12.1 Å². The van der Waals surface area contributed by atoms with Crippen LogP contribution in [0.1, 0.15) is 38.7 Å². The first-order chi connectivity index (χ1) is 10.5. The van der Waals surface area contributed by atoms with Crippen molar-refractivity contribution < 1.29 is 9.53 Å². The van der Waals surface area contributed by atoms with Crippen LogP contribution in [0.2, 0.25) is 0 Å². The average Bonchev–Trinajstić information content (AvgIpc) is 2.78. The van der Waals surface area contributed by atoms with Gasteiger partial charge in [-0.15, -0.1) is 0 Å². The molecule has 22 heavy (non-hydrogen) atoms. The van der Waals surface area contributed by atoms with Crippen LogP contribution in [0.3, 0.4) is 0 Å². The number of hydrogen-bond donors (Lipinski definition) is 1. The summed E-state index contributed by atoms with van der Waals surface area (Å²) in [6.45, 7) is 5.80. The van der Waals surface area contributed by atoms with Gasteiger partial charge in [-0.2, -0.15) is 0 Å². The van der Waals surface area contributed by atoms with Crippen LogP contribution in [0.4, 0.5) is 5.69 Å². The molecule has 4 heteroatoms. The van der Waals surface area contributed by atoms with Gasteiger partial charge in [0.15, 0.2) is 0 Å². The summed E-state index contributed by atoms with van der Waals surface area (Å²) in [5.74, 6) is -0.189. The van der Waals surface area contributed by atoms with Crippen molar-refractivity contribution in [1.82, 2.24) is 5.32 Å².